The van der Waals surface area contributed by atoms with Crippen LogP contribution in [0.3, 0.4) is 0 Å². The predicted octanol–water partition coefficient (Wildman–Crippen LogP) is 6.07. The highest BCUT2D eigenvalue weighted by Gasteiger charge is 2.31. The van der Waals surface area contributed by atoms with Crippen LogP contribution >= 0.6 is 0 Å². The van der Waals surface area contributed by atoms with Crippen LogP contribution in [0.2, 0.25) is 0 Å². The van der Waals surface area contributed by atoms with Crippen molar-refractivity contribution in [3.05, 3.63) is 95.0 Å². The van der Waals surface area contributed by atoms with E-state index in [0.717, 1.165) is 17.7 Å². The summed E-state index contributed by atoms with van der Waals surface area (Å²) in [7, 11) is 0. The van der Waals surface area contributed by atoms with Crippen molar-refractivity contribution in [3.8, 4) is 17.5 Å². The molecule has 0 unspecified atom stereocenters. The van der Waals surface area contributed by atoms with Gasteiger partial charge in [-0.15, -0.1) is 0 Å². The van der Waals surface area contributed by atoms with Gasteiger partial charge in [0.25, 0.3) is 5.91 Å². The van der Waals surface area contributed by atoms with Gasteiger partial charge < -0.3 is 20.2 Å². The molecule has 5 rings (SSSR count). The van der Waals surface area contributed by atoms with Gasteiger partial charge in [-0.3, -0.25) is 4.79 Å². The maximum Gasteiger partial charge on any atom is 0.416 e. The van der Waals surface area contributed by atoms with E-state index in [1.807, 2.05) is 31.5 Å². The number of hydrogen-bond acceptors (Lipinski definition) is 5. The molecule has 0 atom stereocenters. The highest BCUT2D eigenvalue weighted by molar-refractivity contribution is 6.04. The van der Waals surface area contributed by atoms with Crippen LogP contribution in [0.1, 0.15) is 58.2 Å². The highest BCUT2D eigenvalue weighted by atomic mass is 19.4. The molecule has 0 aliphatic rings. The first-order valence-electron chi connectivity index (χ1n) is 12.7. The van der Waals surface area contributed by atoms with Gasteiger partial charge in [0.15, 0.2) is 0 Å². The number of nitrogens with zero attached hydrogens (tertiary/aromatic N) is 5. The van der Waals surface area contributed by atoms with Crippen LogP contribution in [-0.2, 0) is 6.18 Å². The van der Waals surface area contributed by atoms with E-state index in [4.69, 9.17) is 5.73 Å². The van der Waals surface area contributed by atoms with Crippen LogP contribution in [0.5, 0.6) is 0 Å². The van der Waals surface area contributed by atoms with Gasteiger partial charge in [-0.05, 0) is 63.6 Å². The highest BCUT2D eigenvalue weighted by Crippen LogP contribution is 2.33. The first kappa shape index (κ1) is 27.5. The number of anilines is 2. The molecule has 208 valence electrons. The van der Waals surface area contributed by atoms with Crippen molar-refractivity contribution in [2.45, 2.75) is 39.9 Å². The van der Waals surface area contributed by atoms with E-state index in [0.29, 0.717) is 33.7 Å². The summed E-state index contributed by atoms with van der Waals surface area (Å²) in [6.45, 7) is 7.62. The number of carbonyl (C=O) groups is 1. The molecule has 0 radical (unpaired) electrons. The average molecular weight is 558 g/mol. The van der Waals surface area contributed by atoms with Crippen molar-refractivity contribution in [1.29, 1.82) is 0 Å². The van der Waals surface area contributed by atoms with Crippen molar-refractivity contribution in [2.75, 3.05) is 11.1 Å². The fourth-order valence-corrected chi connectivity index (χ4v) is 4.39. The smallest absolute Gasteiger partial charge is 0.383 e. The van der Waals surface area contributed by atoms with Gasteiger partial charge >= 0.3 is 6.18 Å². The molecule has 3 heterocycles. The molecule has 0 bridgehead atoms. The lowest BCUT2D eigenvalue weighted by Crippen LogP contribution is -2.14. The number of halogens is 3. The van der Waals surface area contributed by atoms with E-state index in [2.05, 4.69) is 32.1 Å². The summed E-state index contributed by atoms with van der Waals surface area (Å²) in [6.07, 6.45) is 1.69. The Hall–Kier alpha value is -5.11. The number of alkyl halides is 3. The number of nitrogens with one attached hydrogen (secondary N) is 1. The third-order valence-corrected chi connectivity index (χ3v) is 6.54. The third kappa shape index (κ3) is 5.63. The van der Waals surface area contributed by atoms with Crippen LogP contribution in [0, 0.1) is 25.7 Å². The van der Waals surface area contributed by atoms with Crippen molar-refractivity contribution in [2.24, 2.45) is 0 Å². The summed E-state index contributed by atoms with van der Waals surface area (Å²) in [4.78, 5) is 25.7. The van der Waals surface area contributed by atoms with Gasteiger partial charge in [0.1, 0.15) is 17.8 Å². The number of aryl methyl sites for hydroxylation is 2. The Balaban J connectivity index is 1.48. The first-order chi connectivity index (χ1) is 19.4. The SMILES string of the molecule is Cc1cn(-c2cc(NC(=O)c3ccc(C)c(C#Cc4cn(C(C)C)c5ncnc(N)c45)c3)cc(C(F)(F)F)c2)cn1. The molecular formula is C30H26F3N7O. The number of carbonyl (C=O) groups excluding carboxylic acids is 1. The van der Waals surface area contributed by atoms with Crippen molar-refractivity contribution in [1.82, 2.24) is 24.1 Å². The Bertz CT molecular complexity index is 1860. The second kappa shape index (κ2) is 10.5. The number of fused-ring (bicyclic) bond motifs is 1. The van der Waals surface area contributed by atoms with Gasteiger partial charge in [-0.2, -0.15) is 13.2 Å². The van der Waals surface area contributed by atoms with Crippen LogP contribution in [0.15, 0.2) is 61.4 Å². The van der Waals surface area contributed by atoms with Gasteiger partial charge in [-0.1, -0.05) is 17.9 Å². The zero-order chi connectivity index (χ0) is 29.5. The van der Waals surface area contributed by atoms with Gasteiger partial charge in [0.05, 0.1) is 28.5 Å². The minimum atomic E-state index is -4.61. The van der Waals surface area contributed by atoms with E-state index >= 15 is 0 Å². The van der Waals surface area contributed by atoms with Crippen LogP contribution in [-0.4, -0.2) is 30.0 Å². The average Bonchev–Trinajstić information content (AvgIpc) is 3.52. The molecule has 8 nitrogen and oxygen atoms in total. The summed E-state index contributed by atoms with van der Waals surface area (Å²) in [5.74, 6) is 5.98. The number of nitrogen functional groups attached to an aromatic ring is 1. The lowest BCUT2D eigenvalue weighted by molar-refractivity contribution is -0.137. The number of rotatable bonds is 4. The number of hydrogen-bond donors (Lipinski definition) is 2. The van der Waals surface area contributed by atoms with Crippen LogP contribution in [0.25, 0.3) is 16.7 Å². The minimum Gasteiger partial charge on any atom is -0.383 e. The fourth-order valence-electron chi connectivity index (χ4n) is 4.39. The second-order valence-corrected chi connectivity index (χ2v) is 9.92. The molecule has 3 aromatic heterocycles. The third-order valence-electron chi connectivity index (χ3n) is 6.54. The maximum atomic E-state index is 13.6. The Labute approximate surface area is 234 Å². The molecular weight excluding hydrogens is 531 g/mol. The Morgan fingerprint density at radius 3 is 2.44 bits per heavy atom. The maximum absolute atomic E-state index is 13.6. The lowest BCUT2D eigenvalue weighted by atomic mass is 10.0. The summed E-state index contributed by atoms with van der Waals surface area (Å²) >= 11 is 0. The van der Waals surface area contributed by atoms with Crippen molar-refractivity contribution >= 4 is 28.4 Å². The summed E-state index contributed by atoms with van der Waals surface area (Å²) in [5.41, 5.74) is 9.06. The molecule has 0 fully saturated rings. The zero-order valence-corrected chi connectivity index (χ0v) is 22.7. The molecule has 3 N–H and O–H groups in total. The van der Waals surface area contributed by atoms with E-state index < -0.39 is 17.6 Å². The summed E-state index contributed by atoms with van der Waals surface area (Å²) in [5, 5.41) is 3.25. The number of amides is 1. The zero-order valence-electron chi connectivity index (χ0n) is 22.7. The molecule has 5 aromatic rings. The number of aromatic nitrogens is 5. The topological polar surface area (TPSA) is 104 Å². The van der Waals surface area contributed by atoms with Crippen LogP contribution < -0.4 is 11.1 Å². The van der Waals surface area contributed by atoms with Gasteiger partial charge in [0, 0.05) is 40.9 Å². The van der Waals surface area contributed by atoms with E-state index in [-0.39, 0.29) is 23.0 Å². The number of imidazole rings is 1. The molecule has 0 aliphatic carbocycles. The lowest BCUT2D eigenvalue weighted by Gasteiger charge is -2.14. The monoisotopic (exact) mass is 557 g/mol. The van der Waals surface area contributed by atoms with E-state index in [1.54, 1.807) is 31.3 Å². The van der Waals surface area contributed by atoms with Gasteiger partial charge in [0.2, 0.25) is 0 Å². The second-order valence-electron chi connectivity index (χ2n) is 9.92. The molecule has 0 spiro atoms. The first-order valence-corrected chi connectivity index (χ1v) is 12.7. The number of nitrogens with two attached hydrogens (primary N) is 1. The number of benzene rings is 2. The molecule has 11 heteroatoms. The van der Waals surface area contributed by atoms with Crippen molar-refractivity contribution in [3.63, 3.8) is 0 Å². The Kier molecular flexibility index (Phi) is 7.01. The van der Waals surface area contributed by atoms with E-state index in [9.17, 15) is 18.0 Å². The molecule has 0 saturated heterocycles. The summed E-state index contributed by atoms with van der Waals surface area (Å²) < 4.78 is 44.4. The largest absolute Gasteiger partial charge is 0.416 e. The normalized spacial score (nSPS) is 11.5. The van der Waals surface area contributed by atoms with Crippen LogP contribution in [0.4, 0.5) is 24.7 Å². The van der Waals surface area contributed by atoms with Crippen molar-refractivity contribution < 1.29 is 18.0 Å². The van der Waals surface area contributed by atoms with Gasteiger partial charge in [-0.25, -0.2) is 15.0 Å². The fraction of sp³-hybridized carbons (Fsp3) is 0.200. The molecule has 2 aromatic carbocycles. The molecule has 1 amide bonds. The Morgan fingerprint density at radius 1 is 1.00 bits per heavy atom. The van der Waals surface area contributed by atoms with E-state index in [1.165, 1.54) is 23.3 Å². The predicted molar refractivity (Wildman–Crippen MR) is 151 cm³/mol. The molecule has 0 saturated carbocycles. The Morgan fingerprint density at radius 2 is 1.76 bits per heavy atom. The minimum absolute atomic E-state index is 0.00337. The molecule has 0 aliphatic heterocycles. The standard InChI is InChI=1S/C30H26F3N7O/c1-17(2)40-14-22(26-27(34)35-15-36-28(26)40)8-7-20-9-21(6-5-18(20)3)29(41)38-24-10-23(30(31,32)33)11-25(12-24)39-13-19(4)37-16-39/h5-6,9-17H,1-4H3,(H,38,41)(H2,34,35,36). The molecule has 41 heavy (non-hydrogen) atoms. The quantitative estimate of drug-likeness (QED) is 0.261. The summed E-state index contributed by atoms with van der Waals surface area (Å²) in [6, 6.07) is 8.42.